The van der Waals surface area contributed by atoms with Crippen molar-refractivity contribution in [2.75, 3.05) is 13.2 Å². The first-order valence-corrected chi connectivity index (χ1v) is 4.71. The summed E-state index contributed by atoms with van der Waals surface area (Å²) in [6.07, 6.45) is 1.81. The van der Waals surface area contributed by atoms with Gasteiger partial charge in [-0.25, -0.2) is 0 Å². The predicted octanol–water partition coefficient (Wildman–Crippen LogP) is 1.63. The highest BCUT2D eigenvalue weighted by atomic mass is 16.5. The zero-order chi connectivity index (χ0) is 11.1. The van der Waals surface area contributed by atoms with Crippen LogP contribution in [-0.2, 0) is 9.53 Å². The lowest BCUT2D eigenvalue weighted by molar-refractivity contribution is -0.140. The van der Waals surface area contributed by atoms with Crippen molar-refractivity contribution >= 4 is 12.0 Å². The van der Waals surface area contributed by atoms with Crippen LogP contribution >= 0.6 is 0 Å². The summed E-state index contributed by atoms with van der Waals surface area (Å²) in [6.45, 7) is 1.38. The number of carbonyl (C=O) groups is 1. The van der Waals surface area contributed by atoms with E-state index in [4.69, 9.17) is 9.84 Å². The minimum Gasteiger partial charge on any atom is -0.461 e. The molecule has 3 heteroatoms. The number of ether oxygens (including phenoxy) is 1. The molecule has 0 aliphatic carbocycles. The van der Waals surface area contributed by atoms with E-state index in [0.717, 1.165) is 5.56 Å². The maximum atomic E-state index is 10.6. The Labute approximate surface area is 89.0 Å². The topological polar surface area (TPSA) is 46.5 Å². The van der Waals surface area contributed by atoms with Gasteiger partial charge in [0.2, 0.25) is 0 Å². The molecule has 1 N–H and O–H groups in total. The molecule has 0 heterocycles. The van der Waals surface area contributed by atoms with Gasteiger partial charge < -0.3 is 9.84 Å². The zero-order valence-corrected chi connectivity index (χ0v) is 8.64. The van der Waals surface area contributed by atoms with Gasteiger partial charge in [-0.2, -0.15) is 0 Å². The number of hydrogen-bond acceptors (Lipinski definition) is 3. The monoisotopic (exact) mass is 206 g/mol. The highest BCUT2D eigenvalue weighted by Gasteiger charge is 1.99. The van der Waals surface area contributed by atoms with Crippen molar-refractivity contribution in [1.82, 2.24) is 0 Å². The van der Waals surface area contributed by atoms with Gasteiger partial charge in [0.05, 0.1) is 6.61 Å². The fourth-order valence-electron chi connectivity index (χ4n) is 1.11. The third kappa shape index (κ3) is 4.42. The Morgan fingerprint density at radius 2 is 2.07 bits per heavy atom. The van der Waals surface area contributed by atoms with E-state index in [0.29, 0.717) is 5.57 Å². The molecular weight excluding hydrogens is 192 g/mol. The van der Waals surface area contributed by atoms with Gasteiger partial charge in [-0.1, -0.05) is 36.4 Å². The fourth-order valence-corrected chi connectivity index (χ4v) is 1.11. The van der Waals surface area contributed by atoms with Crippen LogP contribution in [0.2, 0.25) is 0 Å². The van der Waals surface area contributed by atoms with Gasteiger partial charge in [-0.15, -0.1) is 0 Å². The van der Waals surface area contributed by atoms with E-state index in [1.54, 1.807) is 0 Å². The fraction of sp³-hybridized carbons (Fsp3) is 0.250. The zero-order valence-electron chi connectivity index (χ0n) is 8.64. The molecule has 0 amide bonds. The minimum atomic E-state index is -0.345. The van der Waals surface area contributed by atoms with E-state index in [9.17, 15) is 4.79 Å². The number of hydrogen-bond donors (Lipinski definition) is 1. The van der Waals surface area contributed by atoms with Gasteiger partial charge >= 0.3 is 5.97 Å². The number of aliphatic hydroxyl groups excluding tert-OH is 1. The van der Waals surface area contributed by atoms with Gasteiger partial charge in [0.15, 0.2) is 0 Å². The van der Waals surface area contributed by atoms with Crippen LogP contribution in [0.3, 0.4) is 0 Å². The molecular formula is C12H14O3. The Bertz CT molecular complexity index is 341. The van der Waals surface area contributed by atoms with E-state index in [-0.39, 0.29) is 19.2 Å². The summed E-state index contributed by atoms with van der Waals surface area (Å²) < 4.78 is 4.80. The molecule has 0 fully saturated rings. The quantitative estimate of drug-likeness (QED) is 0.761. The van der Waals surface area contributed by atoms with Gasteiger partial charge in [-0.05, 0) is 11.1 Å². The largest absolute Gasteiger partial charge is 0.461 e. The molecule has 15 heavy (non-hydrogen) atoms. The highest BCUT2D eigenvalue weighted by Crippen LogP contribution is 2.06. The highest BCUT2D eigenvalue weighted by molar-refractivity contribution is 5.66. The molecule has 1 aromatic carbocycles. The van der Waals surface area contributed by atoms with Gasteiger partial charge in [0, 0.05) is 6.92 Å². The summed E-state index contributed by atoms with van der Waals surface area (Å²) in [5.74, 6) is -0.345. The van der Waals surface area contributed by atoms with E-state index >= 15 is 0 Å². The Hall–Kier alpha value is -1.61. The van der Waals surface area contributed by atoms with Crippen molar-refractivity contribution in [2.24, 2.45) is 0 Å². The second-order valence-electron chi connectivity index (χ2n) is 3.15. The third-order valence-electron chi connectivity index (χ3n) is 1.83. The SMILES string of the molecule is CC(=O)OC/C(=C\c1ccccc1)CO. The van der Waals surface area contributed by atoms with Crippen molar-refractivity contribution in [3.05, 3.63) is 41.5 Å². The van der Waals surface area contributed by atoms with Gasteiger partial charge in [0.1, 0.15) is 6.61 Å². The molecule has 0 spiro atoms. The summed E-state index contributed by atoms with van der Waals surface area (Å²) in [7, 11) is 0. The molecule has 80 valence electrons. The second-order valence-corrected chi connectivity index (χ2v) is 3.15. The molecule has 0 aromatic heterocycles. The van der Waals surface area contributed by atoms with E-state index < -0.39 is 0 Å². The molecule has 0 aliphatic heterocycles. The average molecular weight is 206 g/mol. The molecule has 0 saturated carbocycles. The number of benzene rings is 1. The number of esters is 1. The molecule has 0 bridgehead atoms. The summed E-state index contributed by atoms with van der Waals surface area (Å²) in [5.41, 5.74) is 1.66. The van der Waals surface area contributed by atoms with E-state index in [2.05, 4.69) is 0 Å². The summed E-state index contributed by atoms with van der Waals surface area (Å²) in [6, 6.07) is 9.58. The molecule has 0 unspecified atom stereocenters. The summed E-state index contributed by atoms with van der Waals surface area (Å²) >= 11 is 0. The standard InChI is InChI=1S/C12H14O3/c1-10(14)15-9-12(8-13)7-11-5-3-2-4-6-11/h2-7,13H,8-9H2,1H3/b12-7-. The molecule has 3 nitrogen and oxygen atoms in total. The maximum absolute atomic E-state index is 10.6. The lowest BCUT2D eigenvalue weighted by atomic mass is 10.1. The Balaban J connectivity index is 2.65. The number of carbonyl (C=O) groups excluding carboxylic acids is 1. The molecule has 1 aromatic rings. The van der Waals surface area contributed by atoms with Crippen LogP contribution in [0, 0.1) is 0 Å². The predicted molar refractivity (Wildman–Crippen MR) is 58.1 cm³/mol. The first-order chi connectivity index (χ1) is 7.22. The smallest absolute Gasteiger partial charge is 0.302 e. The van der Waals surface area contributed by atoms with Crippen LogP contribution in [0.4, 0.5) is 0 Å². The first kappa shape index (κ1) is 11.5. The molecule has 0 saturated heterocycles. The van der Waals surface area contributed by atoms with Crippen LogP contribution in [0.25, 0.3) is 6.08 Å². The van der Waals surface area contributed by atoms with E-state index in [1.165, 1.54) is 6.92 Å². The maximum Gasteiger partial charge on any atom is 0.302 e. The molecule has 0 aliphatic rings. The van der Waals surface area contributed by atoms with Crippen LogP contribution in [0.5, 0.6) is 0 Å². The Morgan fingerprint density at radius 3 is 2.60 bits per heavy atom. The van der Waals surface area contributed by atoms with Crippen molar-refractivity contribution in [3.63, 3.8) is 0 Å². The van der Waals surface area contributed by atoms with Crippen LogP contribution in [0.1, 0.15) is 12.5 Å². The van der Waals surface area contributed by atoms with Crippen molar-refractivity contribution in [2.45, 2.75) is 6.92 Å². The molecule has 0 radical (unpaired) electrons. The van der Waals surface area contributed by atoms with Crippen LogP contribution < -0.4 is 0 Å². The van der Waals surface area contributed by atoms with Gasteiger partial charge in [0.25, 0.3) is 0 Å². The normalized spacial score (nSPS) is 11.2. The summed E-state index contributed by atoms with van der Waals surface area (Å²) in [5, 5.41) is 9.04. The van der Waals surface area contributed by atoms with Gasteiger partial charge in [-0.3, -0.25) is 4.79 Å². The lowest BCUT2D eigenvalue weighted by Crippen LogP contribution is -2.05. The van der Waals surface area contributed by atoms with Crippen molar-refractivity contribution < 1.29 is 14.6 Å². The van der Waals surface area contributed by atoms with Crippen molar-refractivity contribution in [3.8, 4) is 0 Å². The Morgan fingerprint density at radius 1 is 1.40 bits per heavy atom. The lowest BCUT2D eigenvalue weighted by Gasteiger charge is -2.04. The molecule has 1 rings (SSSR count). The number of aliphatic hydroxyl groups is 1. The summed E-state index contributed by atoms with van der Waals surface area (Å²) in [4.78, 5) is 10.6. The minimum absolute atomic E-state index is 0.109. The average Bonchev–Trinajstić information content (AvgIpc) is 2.25. The molecule has 0 atom stereocenters. The third-order valence-corrected chi connectivity index (χ3v) is 1.83. The van der Waals surface area contributed by atoms with E-state index in [1.807, 2.05) is 36.4 Å². The number of rotatable bonds is 4. The first-order valence-electron chi connectivity index (χ1n) is 4.71. The van der Waals surface area contributed by atoms with Crippen molar-refractivity contribution in [1.29, 1.82) is 0 Å². The Kier molecular flexibility index (Phi) is 4.57. The second kappa shape index (κ2) is 5.98. The van der Waals surface area contributed by atoms with Crippen LogP contribution in [-0.4, -0.2) is 24.3 Å². The van der Waals surface area contributed by atoms with Crippen LogP contribution in [0.15, 0.2) is 35.9 Å².